The predicted molar refractivity (Wildman–Crippen MR) is 54.4 cm³/mol. The van der Waals surface area contributed by atoms with E-state index in [1.807, 2.05) is 13.0 Å². The van der Waals surface area contributed by atoms with Crippen LogP contribution in [0.5, 0.6) is 0 Å². The maximum absolute atomic E-state index is 5.45. The van der Waals surface area contributed by atoms with Gasteiger partial charge in [0.25, 0.3) is 0 Å². The second-order valence-electron chi connectivity index (χ2n) is 3.02. The molecule has 0 aliphatic carbocycles. The molecule has 0 unspecified atom stereocenters. The Morgan fingerprint density at radius 1 is 1.14 bits per heavy atom. The van der Waals surface area contributed by atoms with Crippen molar-refractivity contribution >= 4 is 5.82 Å². The van der Waals surface area contributed by atoms with E-state index in [2.05, 4.69) is 15.0 Å². The van der Waals surface area contributed by atoms with Gasteiger partial charge in [0.1, 0.15) is 5.82 Å². The lowest BCUT2D eigenvalue weighted by Crippen LogP contribution is -1.93. The fraction of sp³-hybridized carbons (Fsp3) is 0.100. The number of nitrogen functional groups attached to an aromatic ring is 1. The fourth-order valence-corrected chi connectivity index (χ4v) is 1.21. The number of pyridine rings is 1. The van der Waals surface area contributed by atoms with E-state index in [1.54, 1.807) is 24.8 Å². The Labute approximate surface area is 81.9 Å². The average molecular weight is 186 g/mol. The van der Waals surface area contributed by atoms with Crippen molar-refractivity contribution in [3.63, 3.8) is 0 Å². The van der Waals surface area contributed by atoms with Gasteiger partial charge in [0.2, 0.25) is 0 Å². The summed E-state index contributed by atoms with van der Waals surface area (Å²) in [5, 5.41) is 0. The largest absolute Gasteiger partial charge is 0.382 e. The molecule has 2 aromatic rings. The highest BCUT2D eigenvalue weighted by molar-refractivity contribution is 5.61. The molecule has 14 heavy (non-hydrogen) atoms. The molecule has 0 fully saturated rings. The van der Waals surface area contributed by atoms with Gasteiger partial charge in [-0.05, 0) is 18.6 Å². The molecule has 0 aliphatic heterocycles. The van der Waals surface area contributed by atoms with Crippen LogP contribution in [0, 0.1) is 6.92 Å². The van der Waals surface area contributed by atoms with Crippen LogP contribution in [0.15, 0.2) is 30.9 Å². The lowest BCUT2D eigenvalue weighted by atomic mass is 10.1. The summed E-state index contributed by atoms with van der Waals surface area (Å²) in [6, 6.07) is 1.94. The van der Waals surface area contributed by atoms with E-state index < -0.39 is 0 Å². The molecule has 0 spiro atoms. The minimum absolute atomic E-state index is 0.426. The van der Waals surface area contributed by atoms with E-state index in [4.69, 9.17) is 5.73 Å². The van der Waals surface area contributed by atoms with Crippen LogP contribution < -0.4 is 5.73 Å². The molecule has 0 saturated carbocycles. The Hall–Kier alpha value is -1.97. The molecule has 2 rings (SSSR count). The molecule has 0 aromatic carbocycles. The van der Waals surface area contributed by atoms with Crippen LogP contribution in [0.3, 0.4) is 0 Å². The first kappa shape index (κ1) is 8.62. The SMILES string of the molecule is Cc1ccncc1-c1cnc(N)cn1. The second-order valence-corrected chi connectivity index (χ2v) is 3.02. The summed E-state index contributed by atoms with van der Waals surface area (Å²) in [6.07, 6.45) is 6.72. The third-order valence-electron chi connectivity index (χ3n) is 1.99. The maximum Gasteiger partial charge on any atom is 0.141 e. The Balaban J connectivity index is 2.50. The third-order valence-corrected chi connectivity index (χ3v) is 1.99. The van der Waals surface area contributed by atoms with E-state index in [-0.39, 0.29) is 0 Å². The zero-order chi connectivity index (χ0) is 9.97. The second kappa shape index (κ2) is 3.41. The van der Waals surface area contributed by atoms with Crippen molar-refractivity contribution < 1.29 is 0 Å². The van der Waals surface area contributed by atoms with Crippen LogP contribution >= 0.6 is 0 Å². The van der Waals surface area contributed by atoms with Crippen LogP contribution in [-0.2, 0) is 0 Å². The van der Waals surface area contributed by atoms with Crippen LogP contribution in [0.2, 0.25) is 0 Å². The van der Waals surface area contributed by atoms with Crippen LogP contribution in [0.4, 0.5) is 5.82 Å². The summed E-state index contributed by atoms with van der Waals surface area (Å²) in [7, 11) is 0. The van der Waals surface area contributed by atoms with Crippen molar-refractivity contribution in [1.82, 2.24) is 15.0 Å². The Kier molecular flexibility index (Phi) is 2.10. The topological polar surface area (TPSA) is 64.7 Å². The quantitative estimate of drug-likeness (QED) is 0.731. The number of aryl methyl sites for hydroxylation is 1. The number of hydrogen-bond acceptors (Lipinski definition) is 4. The highest BCUT2D eigenvalue weighted by Crippen LogP contribution is 2.18. The number of nitrogens with two attached hydrogens (primary N) is 1. The van der Waals surface area contributed by atoms with Crippen molar-refractivity contribution in [2.45, 2.75) is 6.92 Å². The smallest absolute Gasteiger partial charge is 0.141 e. The molecule has 70 valence electrons. The Bertz CT molecular complexity index is 436. The lowest BCUT2D eigenvalue weighted by Gasteiger charge is -2.02. The molecule has 2 aromatic heterocycles. The molecular formula is C10H10N4. The van der Waals surface area contributed by atoms with Crippen molar-refractivity contribution in [2.75, 3.05) is 5.73 Å². The van der Waals surface area contributed by atoms with E-state index in [1.165, 1.54) is 0 Å². The molecule has 2 heterocycles. The fourth-order valence-electron chi connectivity index (χ4n) is 1.21. The Morgan fingerprint density at radius 2 is 2.00 bits per heavy atom. The maximum atomic E-state index is 5.45. The summed E-state index contributed by atoms with van der Waals surface area (Å²) in [4.78, 5) is 12.2. The predicted octanol–water partition coefficient (Wildman–Crippen LogP) is 1.43. The van der Waals surface area contributed by atoms with Crippen molar-refractivity contribution in [3.8, 4) is 11.3 Å². The highest BCUT2D eigenvalue weighted by atomic mass is 14.9. The molecular weight excluding hydrogens is 176 g/mol. The molecule has 0 bridgehead atoms. The summed E-state index contributed by atoms with van der Waals surface area (Å²) in [5.74, 6) is 0.426. The molecule has 2 N–H and O–H groups in total. The number of aromatic nitrogens is 3. The minimum Gasteiger partial charge on any atom is -0.382 e. The first-order chi connectivity index (χ1) is 6.77. The molecule has 4 nitrogen and oxygen atoms in total. The molecule has 0 saturated heterocycles. The van der Waals surface area contributed by atoms with E-state index in [0.717, 1.165) is 16.8 Å². The van der Waals surface area contributed by atoms with Gasteiger partial charge in [0.15, 0.2) is 0 Å². The summed E-state index contributed by atoms with van der Waals surface area (Å²) < 4.78 is 0. The number of rotatable bonds is 1. The van der Waals surface area contributed by atoms with Crippen molar-refractivity contribution in [3.05, 3.63) is 36.4 Å². The number of hydrogen-bond donors (Lipinski definition) is 1. The first-order valence-corrected chi connectivity index (χ1v) is 4.26. The van der Waals surface area contributed by atoms with Crippen LogP contribution in [0.1, 0.15) is 5.56 Å². The molecule has 0 atom stereocenters. The zero-order valence-corrected chi connectivity index (χ0v) is 7.81. The normalized spacial score (nSPS) is 10.1. The highest BCUT2D eigenvalue weighted by Gasteiger charge is 2.02. The van der Waals surface area contributed by atoms with Gasteiger partial charge >= 0.3 is 0 Å². The zero-order valence-electron chi connectivity index (χ0n) is 7.81. The van der Waals surface area contributed by atoms with E-state index in [9.17, 15) is 0 Å². The van der Waals surface area contributed by atoms with Gasteiger partial charge in [-0.2, -0.15) is 0 Å². The summed E-state index contributed by atoms with van der Waals surface area (Å²) >= 11 is 0. The van der Waals surface area contributed by atoms with Gasteiger partial charge in [-0.15, -0.1) is 0 Å². The van der Waals surface area contributed by atoms with Gasteiger partial charge < -0.3 is 5.73 Å². The standard InChI is InChI=1S/C10H10N4/c1-7-2-3-12-4-8(7)9-5-14-10(11)6-13-9/h2-6H,1H3,(H2,11,14). The molecule has 0 radical (unpaired) electrons. The van der Waals surface area contributed by atoms with Gasteiger partial charge in [-0.25, -0.2) is 4.98 Å². The minimum atomic E-state index is 0.426. The number of anilines is 1. The number of nitrogens with zero attached hydrogens (tertiary/aromatic N) is 3. The van der Waals surface area contributed by atoms with Crippen molar-refractivity contribution in [1.29, 1.82) is 0 Å². The van der Waals surface area contributed by atoms with E-state index in [0.29, 0.717) is 5.82 Å². The first-order valence-electron chi connectivity index (χ1n) is 4.26. The van der Waals surface area contributed by atoms with Crippen LogP contribution in [-0.4, -0.2) is 15.0 Å². The Morgan fingerprint density at radius 3 is 2.64 bits per heavy atom. The van der Waals surface area contributed by atoms with Gasteiger partial charge in [-0.1, -0.05) is 0 Å². The van der Waals surface area contributed by atoms with Crippen molar-refractivity contribution in [2.24, 2.45) is 0 Å². The van der Waals surface area contributed by atoms with Gasteiger partial charge in [-0.3, -0.25) is 9.97 Å². The third kappa shape index (κ3) is 1.54. The molecule has 4 heteroatoms. The summed E-state index contributed by atoms with van der Waals surface area (Å²) in [5.41, 5.74) is 8.36. The average Bonchev–Trinajstić information content (AvgIpc) is 2.20. The molecule has 0 amide bonds. The lowest BCUT2D eigenvalue weighted by molar-refractivity contribution is 1.19. The van der Waals surface area contributed by atoms with Gasteiger partial charge in [0, 0.05) is 18.0 Å². The monoisotopic (exact) mass is 186 g/mol. The summed E-state index contributed by atoms with van der Waals surface area (Å²) in [6.45, 7) is 2.01. The van der Waals surface area contributed by atoms with E-state index >= 15 is 0 Å². The van der Waals surface area contributed by atoms with Crippen LogP contribution in [0.25, 0.3) is 11.3 Å². The van der Waals surface area contributed by atoms with Gasteiger partial charge in [0.05, 0.1) is 18.1 Å². The molecule has 0 aliphatic rings.